The van der Waals surface area contributed by atoms with Crippen molar-refractivity contribution in [2.24, 2.45) is 0 Å². The molecule has 3 aliphatic rings. The van der Waals surface area contributed by atoms with Crippen molar-refractivity contribution in [1.82, 2.24) is 25.0 Å². The number of aromatic nitrogens is 3. The summed E-state index contributed by atoms with van der Waals surface area (Å²) < 4.78 is 27.6. The van der Waals surface area contributed by atoms with Gasteiger partial charge in [0.05, 0.1) is 30.7 Å². The molecule has 1 N–H and O–H groups in total. The Hall–Kier alpha value is -4.24. The molecule has 44 heavy (non-hydrogen) atoms. The highest BCUT2D eigenvalue weighted by Gasteiger charge is 2.30. The van der Waals surface area contributed by atoms with Crippen molar-refractivity contribution in [2.75, 3.05) is 26.7 Å². The summed E-state index contributed by atoms with van der Waals surface area (Å²) in [6, 6.07) is 11.6. The van der Waals surface area contributed by atoms with E-state index in [1.807, 2.05) is 37.7 Å². The van der Waals surface area contributed by atoms with Gasteiger partial charge in [-0.1, -0.05) is 12.1 Å². The van der Waals surface area contributed by atoms with Gasteiger partial charge in [-0.2, -0.15) is 5.10 Å². The van der Waals surface area contributed by atoms with Gasteiger partial charge in [-0.25, -0.2) is 14.2 Å². The highest BCUT2D eigenvalue weighted by Crippen LogP contribution is 2.46. The largest absolute Gasteiger partial charge is 0.496 e. The van der Waals surface area contributed by atoms with Crippen LogP contribution in [0.4, 0.5) is 9.18 Å². The van der Waals surface area contributed by atoms with Gasteiger partial charge in [-0.05, 0) is 86.9 Å². The molecule has 0 unspecified atom stereocenters. The van der Waals surface area contributed by atoms with Crippen LogP contribution in [0.5, 0.6) is 5.75 Å². The SMILES string of the molecule is COc1cc(F)ccc1-c1c(-c2cnn(C3CNC3)c2)nc(-c2ccc3c(c2)CCN(C(=O)OC(C)(C)C)C3)c2c1CCC2. The third kappa shape index (κ3) is 5.23. The Labute approximate surface area is 257 Å². The van der Waals surface area contributed by atoms with Gasteiger partial charge in [0.1, 0.15) is 17.2 Å². The molecule has 8 nitrogen and oxygen atoms in total. The van der Waals surface area contributed by atoms with Gasteiger partial charge >= 0.3 is 6.09 Å². The van der Waals surface area contributed by atoms with Crippen LogP contribution in [-0.4, -0.2) is 58.1 Å². The quantitative estimate of drug-likeness (QED) is 0.290. The minimum absolute atomic E-state index is 0.276. The number of hydrogen-bond donors (Lipinski definition) is 1. The van der Waals surface area contributed by atoms with Crippen LogP contribution in [0.25, 0.3) is 33.6 Å². The van der Waals surface area contributed by atoms with Crippen LogP contribution >= 0.6 is 0 Å². The van der Waals surface area contributed by atoms with Crippen LogP contribution in [0.1, 0.15) is 55.5 Å². The summed E-state index contributed by atoms with van der Waals surface area (Å²) in [7, 11) is 1.58. The molecule has 2 aromatic heterocycles. The van der Waals surface area contributed by atoms with Gasteiger partial charge in [0.25, 0.3) is 0 Å². The predicted octanol–water partition coefficient (Wildman–Crippen LogP) is 6.35. The Morgan fingerprint density at radius 2 is 1.82 bits per heavy atom. The number of benzene rings is 2. The maximum absolute atomic E-state index is 14.3. The van der Waals surface area contributed by atoms with Gasteiger partial charge in [-0.3, -0.25) is 4.68 Å². The summed E-state index contributed by atoms with van der Waals surface area (Å²) >= 11 is 0. The second-order valence-corrected chi connectivity index (χ2v) is 13.0. The molecule has 0 spiro atoms. The molecular weight excluding hydrogens is 557 g/mol. The molecule has 0 bridgehead atoms. The predicted molar refractivity (Wildman–Crippen MR) is 167 cm³/mol. The molecule has 4 heterocycles. The van der Waals surface area contributed by atoms with E-state index in [-0.39, 0.29) is 11.9 Å². The lowest BCUT2D eigenvalue weighted by atomic mass is 9.89. The lowest BCUT2D eigenvalue weighted by Crippen LogP contribution is -2.43. The number of hydrogen-bond acceptors (Lipinski definition) is 6. The van der Waals surface area contributed by atoms with E-state index < -0.39 is 5.60 Å². The minimum Gasteiger partial charge on any atom is -0.496 e. The summed E-state index contributed by atoms with van der Waals surface area (Å²) in [5, 5.41) is 8.02. The number of ether oxygens (including phenoxy) is 2. The van der Waals surface area contributed by atoms with Crippen molar-refractivity contribution in [2.45, 2.75) is 64.6 Å². The molecule has 1 saturated heterocycles. The first-order valence-corrected chi connectivity index (χ1v) is 15.4. The zero-order valence-corrected chi connectivity index (χ0v) is 25.7. The average Bonchev–Trinajstić information content (AvgIpc) is 3.65. The summed E-state index contributed by atoms with van der Waals surface area (Å²) in [5.41, 5.74) is 9.95. The van der Waals surface area contributed by atoms with Crippen LogP contribution in [0.3, 0.4) is 0 Å². The summed E-state index contributed by atoms with van der Waals surface area (Å²) in [4.78, 5) is 19.9. The second kappa shape index (κ2) is 11.0. The Kier molecular flexibility index (Phi) is 7.16. The monoisotopic (exact) mass is 595 g/mol. The van der Waals surface area contributed by atoms with Crippen molar-refractivity contribution < 1.29 is 18.7 Å². The standard InChI is InChI=1S/C35H38FN5O3/c1-35(2,3)44-34(42)40-13-12-21-14-22(8-9-23(21)19-40)32-28-7-5-6-27(28)31(29-11-10-25(36)15-30(29)43-4)33(39-32)24-16-38-41(20-24)26-17-37-18-26/h8-11,14-16,20,26,37H,5-7,12-13,17-19H2,1-4H3. The first-order chi connectivity index (χ1) is 21.2. The molecular formula is C35H38FN5O3. The fourth-order valence-corrected chi connectivity index (χ4v) is 6.57. The van der Waals surface area contributed by atoms with E-state index in [1.54, 1.807) is 12.0 Å². The molecule has 0 atom stereocenters. The van der Waals surface area contributed by atoms with Crippen molar-refractivity contribution >= 4 is 6.09 Å². The number of rotatable bonds is 5. The van der Waals surface area contributed by atoms with E-state index in [0.29, 0.717) is 24.9 Å². The van der Waals surface area contributed by atoms with E-state index in [0.717, 1.165) is 78.0 Å². The molecule has 0 radical (unpaired) electrons. The lowest BCUT2D eigenvalue weighted by Gasteiger charge is -2.31. The number of halogens is 1. The zero-order valence-electron chi connectivity index (χ0n) is 25.7. The van der Waals surface area contributed by atoms with Crippen molar-refractivity contribution in [1.29, 1.82) is 0 Å². The number of nitrogens with one attached hydrogen (secondary N) is 1. The molecule has 7 rings (SSSR count). The van der Waals surface area contributed by atoms with Gasteiger partial charge in [-0.15, -0.1) is 0 Å². The number of carbonyl (C=O) groups excluding carboxylic acids is 1. The number of methoxy groups -OCH3 is 1. The van der Waals surface area contributed by atoms with E-state index >= 15 is 0 Å². The Morgan fingerprint density at radius 1 is 1.00 bits per heavy atom. The third-order valence-electron chi connectivity index (χ3n) is 8.85. The molecule has 2 aliphatic heterocycles. The number of amides is 1. The highest BCUT2D eigenvalue weighted by atomic mass is 19.1. The van der Waals surface area contributed by atoms with E-state index in [1.165, 1.54) is 28.8 Å². The topological polar surface area (TPSA) is 81.5 Å². The maximum atomic E-state index is 14.3. The highest BCUT2D eigenvalue weighted by molar-refractivity contribution is 5.89. The van der Waals surface area contributed by atoms with Crippen LogP contribution < -0.4 is 10.1 Å². The molecule has 2 aromatic carbocycles. The third-order valence-corrected chi connectivity index (χ3v) is 8.85. The summed E-state index contributed by atoms with van der Waals surface area (Å²) in [5.74, 6) is 0.159. The molecule has 0 saturated carbocycles. The fraction of sp³-hybridized carbons (Fsp3) is 0.400. The Bertz CT molecular complexity index is 1750. The fourth-order valence-electron chi connectivity index (χ4n) is 6.57. The maximum Gasteiger partial charge on any atom is 0.410 e. The van der Waals surface area contributed by atoms with Crippen molar-refractivity contribution in [3.63, 3.8) is 0 Å². The van der Waals surface area contributed by atoms with Crippen LogP contribution in [0, 0.1) is 5.82 Å². The van der Waals surface area contributed by atoms with Gasteiger partial charge in [0, 0.05) is 60.7 Å². The normalized spacial score (nSPS) is 16.3. The molecule has 1 amide bonds. The van der Waals surface area contributed by atoms with Crippen LogP contribution in [-0.2, 0) is 30.5 Å². The van der Waals surface area contributed by atoms with Gasteiger partial charge in [0.15, 0.2) is 0 Å². The first kappa shape index (κ1) is 28.5. The Balaban J connectivity index is 1.33. The second-order valence-electron chi connectivity index (χ2n) is 13.0. The van der Waals surface area contributed by atoms with E-state index in [9.17, 15) is 9.18 Å². The zero-order chi connectivity index (χ0) is 30.6. The minimum atomic E-state index is -0.527. The first-order valence-electron chi connectivity index (χ1n) is 15.4. The Morgan fingerprint density at radius 3 is 2.57 bits per heavy atom. The molecule has 9 heteroatoms. The summed E-state index contributed by atoms with van der Waals surface area (Å²) in [6.07, 6.45) is 7.30. The van der Waals surface area contributed by atoms with E-state index in [4.69, 9.17) is 19.6 Å². The van der Waals surface area contributed by atoms with Crippen molar-refractivity contribution in [3.05, 3.63) is 76.9 Å². The lowest BCUT2D eigenvalue weighted by molar-refractivity contribution is 0.0224. The van der Waals surface area contributed by atoms with E-state index in [2.05, 4.69) is 29.7 Å². The molecule has 1 aliphatic carbocycles. The van der Waals surface area contributed by atoms with Crippen molar-refractivity contribution in [3.8, 4) is 39.4 Å². The molecule has 228 valence electrons. The average molecular weight is 596 g/mol. The van der Waals surface area contributed by atoms with Gasteiger partial charge in [0.2, 0.25) is 0 Å². The van der Waals surface area contributed by atoms with Gasteiger partial charge < -0.3 is 19.7 Å². The number of nitrogens with zero attached hydrogens (tertiary/aromatic N) is 4. The van der Waals surface area contributed by atoms with Crippen LogP contribution in [0.2, 0.25) is 0 Å². The van der Waals surface area contributed by atoms with Crippen LogP contribution in [0.15, 0.2) is 48.8 Å². The summed E-state index contributed by atoms with van der Waals surface area (Å²) in [6.45, 7) is 8.60. The number of pyridine rings is 1. The smallest absolute Gasteiger partial charge is 0.410 e. The number of fused-ring (bicyclic) bond motifs is 2. The number of carbonyl (C=O) groups is 1. The molecule has 4 aromatic rings. The molecule has 1 fully saturated rings.